The lowest BCUT2D eigenvalue weighted by atomic mass is 9.88. The van der Waals surface area contributed by atoms with E-state index in [-0.39, 0.29) is 44.0 Å². The largest absolute Gasteiger partial charge is 0.457 e. The number of fused-ring (bicyclic) bond motifs is 1. The van der Waals surface area contributed by atoms with Gasteiger partial charge in [0, 0.05) is 56.2 Å². The Morgan fingerprint density at radius 1 is 1.00 bits per heavy atom. The zero-order chi connectivity index (χ0) is 26.9. The molecule has 5 rings (SSSR count). The highest BCUT2D eigenvalue weighted by Crippen LogP contribution is 2.46. The number of hydrogen-bond donors (Lipinski definition) is 2. The maximum atomic E-state index is 13.5. The summed E-state index contributed by atoms with van der Waals surface area (Å²) in [6, 6.07) is 17.4. The van der Waals surface area contributed by atoms with Crippen molar-refractivity contribution in [2.45, 2.75) is 44.6 Å². The van der Waals surface area contributed by atoms with Gasteiger partial charge in [0.25, 0.3) is 11.9 Å². The number of anilines is 3. The SMILES string of the molecule is CNc1nc(COC(=N)N2CCC(F)(F)CC2)nc2c1C(C)(C)CN2c1ccc(Oc2ccccc2)cc1. The number of rotatable bonds is 6. The number of benzene rings is 2. The molecule has 0 spiro atoms. The number of ether oxygens (including phenoxy) is 2. The highest BCUT2D eigenvalue weighted by molar-refractivity contribution is 5.75. The maximum absolute atomic E-state index is 13.5. The van der Waals surface area contributed by atoms with Gasteiger partial charge >= 0.3 is 0 Å². The van der Waals surface area contributed by atoms with Crippen molar-refractivity contribution >= 4 is 23.3 Å². The molecule has 0 saturated carbocycles. The highest BCUT2D eigenvalue weighted by Gasteiger charge is 2.40. The quantitative estimate of drug-likeness (QED) is 0.307. The molecule has 1 saturated heterocycles. The standard InChI is InChI=1S/C28H32F2N6O2/c1-27(2)18-36(19-9-11-21(12-10-19)38-20-7-5-4-6-8-20)25-23(27)24(32-3)33-22(34-25)17-37-26(31)35-15-13-28(29,30)14-16-35/h4-12,31H,13-18H2,1-3H3,(H,32,33,34). The summed E-state index contributed by atoms with van der Waals surface area (Å²) < 4.78 is 38.5. The van der Waals surface area contributed by atoms with Crippen molar-refractivity contribution in [3.05, 3.63) is 66.0 Å². The Bertz CT molecular complexity index is 1290. The first-order valence-electron chi connectivity index (χ1n) is 12.7. The normalized spacial score (nSPS) is 17.6. The van der Waals surface area contributed by atoms with Crippen LogP contribution in [0.5, 0.6) is 11.5 Å². The molecular formula is C28H32F2N6O2. The first kappa shape index (κ1) is 25.7. The number of para-hydroxylation sites is 1. The minimum atomic E-state index is -2.68. The molecular weight excluding hydrogens is 490 g/mol. The van der Waals surface area contributed by atoms with Crippen LogP contribution >= 0.6 is 0 Å². The Balaban J connectivity index is 1.35. The third kappa shape index (κ3) is 5.34. The van der Waals surface area contributed by atoms with Crippen LogP contribution in [0.15, 0.2) is 54.6 Å². The van der Waals surface area contributed by atoms with Gasteiger partial charge in [-0.2, -0.15) is 0 Å². The van der Waals surface area contributed by atoms with Crippen molar-refractivity contribution in [1.82, 2.24) is 14.9 Å². The molecule has 3 heterocycles. The zero-order valence-corrected chi connectivity index (χ0v) is 21.8. The average molecular weight is 523 g/mol. The fourth-order valence-corrected chi connectivity index (χ4v) is 4.90. The predicted octanol–water partition coefficient (Wildman–Crippen LogP) is 5.92. The lowest BCUT2D eigenvalue weighted by Gasteiger charge is -2.32. The Kier molecular flexibility index (Phi) is 6.81. The molecule has 38 heavy (non-hydrogen) atoms. The summed E-state index contributed by atoms with van der Waals surface area (Å²) in [5.74, 6) is 0.715. The predicted molar refractivity (Wildman–Crippen MR) is 143 cm³/mol. The van der Waals surface area contributed by atoms with E-state index in [1.165, 1.54) is 4.90 Å². The first-order chi connectivity index (χ1) is 18.1. The van der Waals surface area contributed by atoms with Gasteiger partial charge < -0.3 is 24.6 Å². The third-order valence-electron chi connectivity index (χ3n) is 6.91. The molecule has 0 amide bonds. The molecule has 8 nitrogen and oxygen atoms in total. The Labute approximate surface area is 221 Å². The van der Waals surface area contributed by atoms with E-state index in [1.807, 2.05) is 61.6 Å². The zero-order valence-electron chi connectivity index (χ0n) is 21.8. The third-order valence-corrected chi connectivity index (χ3v) is 6.91. The van der Waals surface area contributed by atoms with Gasteiger partial charge in [-0.15, -0.1) is 0 Å². The van der Waals surface area contributed by atoms with E-state index in [9.17, 15) is 8.78 Å². The van der Waals surface area contributed by atoms with Crippen LogP contribution in [-0.2, 0) is 16.8 Å². The summed E-state index contributed by atoms with van der Waals surface area (Å²) >= 11 is 0. The fourth-order valence-electron chi connectivity index (χ4n) is 4.90. The van der Waals surface area contributed by atoms with Crippen LogP contribution in [0.25, 0.3) is 0 Å². The van der Waals surface area contributed by atoms with E-state index >= 15 is 0 Å². The van der Waals surface area contributed by atoms with Crippen molar-refractivity contribution in [1.29, 1.82) is 5.41 Å². The van der Waals surface area contributed by atoms with Gasteiger partial charge in [-0.25, -0.2) is 18.7 Å². The molecule has 2 aromatic carbocycles. The monoisotopic (exact) mass is 522 g/mol. The lowest BCUT2D eigenvalue weighted by molar-refractivity contribution is -0.0472. The molecule has 0 unspecified atom stereocenters. The maximum Gasteiger partial charge on any atom is 0.284 e. The van der Waals surface area contributed by atoms with Gasteiger partial charge in [-0.3, -0.25) is 5.41 Å². The van der Waals surface area contributed by atoms with Crippen molar-refractivity contribution in [3.63, 3.8) is 0 Å². The van der Waals surface area contributed by atoms with E-state index in [0.717, 1.165) is 28.6 Å². The number of aromatic nitrogens is 2. The summed E-state index contributed by atoms with van der Waals surface area (Å²) in [4.78, 5) is 13.2. The molecule has 10 heteroatoms. The molecule has 0 atom stereocenters. The molecule has 0 bridgehead atoms. The molecule has 1 fully saturated rings. The second-order valence-electron chi connectivity index (χ2n) is 10.3. The van der Waals surface area contributed by atoms with Gasteiger partial charge in [0.15, 0.2) is 12.4 Å². The summed E-state index contributed by atoms with van der Waals surface area (Å²) in [6.07, 6.45) is -0.561. The van der Waals surface area contributed by atoms with Crippen molar-refractivity contribution < 1.29 is 18.3 Å². The molecule has 200 valence electrons. The van der Waals surface area contributed by atoms with Crippen LogP contribution in [0.2, 0.25) is 0 Å². The first-order valence-corrected chi connectivity index (χ1v) is 12.7. The number of piperidine rings is 1. The van der Waals surface area contributed by atoms with E-state index in [1.54, 1.807) is 0 Å². The summed E-state index contributed by atoms with van der Waals surface area (Å²) in [5.41, 5.74) is 1.74. The van der Waals surface area contributed by atoms with E-state index in [0.29, 0.717) is 18.2 Å². The van der Waals surface area contributed by atoms with Gasteiger partial charge in [-0.05, 0) is 36.4 Å². The Morgan fingerprint density at radius 3 is 2.32 bits per heavy atom. The van der Waals surface area contributed by atoms with Gasteiger partial charge in [-0.1, -0.05) is 32.0 Å². The number of alkyl halides is 2. The van der Waals surface area contributed by atoms with Crippen molar-refractivity contribution in [3.8, 4) is 11.5 Å². The molecule has 2 N–H and O–H groups in total. The molecule has 0 aliphatic carbocycles. The fraction of sp³-hybridized carbons (Fsp3) is 0.393. The number of nitrogens with one attached hydrogen (secondary N) is 2. The second kappa shape index (κ2) is 10.1. The molecule has 2 aliphatic rings. The number of amidine groups is 1. The topological polar surface area (TPSA) is 86.6 Å². The number of likely N-dealkylation sites (tertiary alicyclic amines) is 1. The number of hydrogen-bond acceptors (Lipinski definition) is 7. The summed E-state index contributed by atoms with van der Waals surface area (Å²) in [6.45, 7) is 5.15. The summed E-state index contributed by atoms with van der Waals surface area (Å²) in [5, 5.41) is 11.4. The van der Waals surface area contributed by atoms with Crippen molar-refractivity contribution in [2.24, 2.45) is 0 Å². The van der Waals surface area contributed by atoms with Gasteiger partial charge in [0.1, 0.15) is 23.1 Å². The lowest BCUT2D eigenvalue weighted by Crippen LogP contribution is -2.43. The van der Waals surface area contributed by atoms with Crippen LogP contribution < -0.4 is 15.0 Å². The van der Waals surface area contributed by atoms with Crippen LogP contribution in [-0.4, -0.2) is 53.5 Å². The summed E-state index contributed by atoms with van der Waals surface area (Å²) in [7, 11) is 1.82. The molecule has 2 aliphatic heterocycles. The molecule has 3 aromatic rings. The van der Waals surface area contributed by atoms with E-state index in [4.69, 9.17) is 19.9 Å². The van der Waals surface area contributed by atoms with E-state index in [2.05, 4.69) is 29.0 Å². The second-order valence-corrected chi connectivity index (χ2v) is 10.3. The van der Waals surface area contributed by atoms with Crippen LogP contribution in [0, 0.1) is 5.41 Å². The van der Waals surface area contributed by atoms with Gasteiger partial charge in [0.2, 0.25) is 0 Å². The smallest absolute Gasteiger partial charge is 0.284 e. The van der Waals surface area contributed by atoms with E-state index < -0.39 is 5.92 Å². The molecule has 0 radical (unpaired) electrons. The Hall–Kier alpha value is -3.95. The average Bonchev–Trinajstić information content (AvgIpc) is 3.18. The highest BCUT2D eigenvalue weighted by atomic mass is 19.3. The minimum Gasteiger partial charge on any atom is -0.457 e. The molecule has 1 aromatic heterocycles. The van der Waals surface area contributed by atoms with Gasteiger partial charge in [0.05, 0.1) is 0 Å². The number of halogens is 2. The number of nitrogens with zero attached hydrogens (tertiary/aromatic N) is 4. The van der Waals surface area contributed by atoms with Crippen LogP contribution in [0.4, 0.5) is 26.1 Å². The van der Waals surface area contributed by atoms with Crippen molar-refractivity contribution in [2.75, 3.05) is 36.9 Å². The van der Waals surface area contributed by atoms with Crippen LogP contribution in [0.3, 0.4) is 0 Å². The Morgan fingerprint density at radius 2 is 1.66 bits per heavy atom. The minimum absolute atomic E-state index is 0.0359. The van der Waals surface area contributed by atoms with Crippen LogP contribution in [0.1, 0.15) is 38.1 Å².